The number of cyclic esters (lactones) is 1. The van der Waals surface area contributed by atoms with Crippen LogP contribution in [0.1, 0.15) is 43.0 Å². The monoisotopic (exact) mass is 291 g/mol. The molecule has 21 heavy (non-hydrogen) atoms. The molecule has 0 unspecified atom stereocenters. The van der Waals surface area contributed by atoms with Crippen LogP contribution in [0.5, 0.6) is 5.75 Å². The third-order valence-corrected chi connectivity index (χ3v) is 3.37. The molecule has 1 N–H and O–H groups in total. The first-order valence-electron chi connectivity index (χ1n) is 7.41. The Morgan fingerprint density at radius 2 is 2.10 bits per heavy atom. The minimum Gasteiger partial charge on any atom is -0.494 e. The van der Waals surface area contributed by atoms with Gasteiger partial charge in [0.1, 0.15) is 11.8 Å². The van der Waals surface area contributed by atoms with Crippen molar-refractivity contribution in [3.8, 4) is 5.75 Å². The minimum atomic E-state index is -0.525. The molecule has 1 amide bonds. The summed E-state index contributed by atoms with van der Waals surface area (Å²) in [4.78, 5) is 23.3. The highest BCUT2D eigenvalue weighted by atomic mass is 16.5. The number of unbranched alkanes of at least 4 members (excludes halogenated alkanes) is 2. The fourth-order valence-corrected chi connectivity index (χ4v) is 2.11. The third kappa shape index (κ3) is 4.48. The molecule has 0 aromatic heterocycles. The van der Waals surface area contributed by atoms with Gasteiger partial charge in [-0.3, -0.25) is 4.79 Å². The van der Waals surface area contributed by atoms with E-state index in [0.717, 1.165) is 25.0 Å². The molecule has 0 bridgehead atoms. The molecule has 0 radical (unpaired) electrons. The summed E-state index contributed by atoms with van der Waals surface area (Å²) < 4.78 is 10.4. The Hall–Kier alpha value is -2.04. The van der Waals surface area contributed by atoms with Crippen LogP contribution in [-0.4, -0.2) is 31.1 Å². The quantitative estimate of drug-likeness (QED) is 0.618. The van der Waals surface area contributed by atoms with E-state index in [1.807, 2.05) is 0 Å². The average Bonchev–Trinajstić information content (AvgIpc) is 2.89. The zero-order valence-corrected chi connectivity index (χ0v) is 12.3. The Balaban J connectivity index is 1.83. The maximum Gasteiger partial charge on any atom is 0.328 e. The van der Waals surface area contributed by atoms with Crippen LogP contribution < -0.4 is 10.1 Å². The van der Waals surface area contributed by atoms with Crippen molar-refractivity contribution in [1.29, 1.82) is 0 Å². The summed E-state index contributed by atoms with van der Waals surface area (Å²) in [6, 6.07) is 6.42. The molecule has 2 rings (SSSR count). The van der Waals surface area contributed by atoms with E-state index in [2.05, 4.69) is 12.2 Å². The molecule has 1 aromatic carbocycles. The van der Waals surface area contributed by atoms with E-state index >= 15 is 0 Å². The topological polar surface area (TPSA) is 64.6 Å². The zero-order chi connectivity index (χ0) is 15.1. The van der Waals surface area contributed by atoms with Crippen LogP contribution in [-0.2, 0) is 9.53 Å². The summed E-state index contributed by atoms with van der Waals surface area (Å²) in [6.07, 6.45) is 3.87. The average molecular weight is 291 g/mol. The van der Waals surface area contributed by atoms with Crippen molar-refractivity contribution in [2.75, 3.05) is 13.2 Å². The summed E-state index contributed by atoms with van der Waals surface area (Å²) >= 11 is 0. The first kappa shape index (κ1) is 15.4. The Kier molecular flexibility index (Phi) is 5.60. The molecule has 1 atom stereocenters. The van der Waals surface area contributed by atoms with Crippen molar-refractivity contribution in [1.82, 2.24) is 5.32 Å². The first-order chi connectivity index (χ1) is 10.2. The summed E-state index contributed by atoms with van der Waals surface area (Å²) in [5.41, 5.74) is 0.510. The molecule has 0 saturated carbocycles. The lowest BCUT2D eigenvalue weighted by Crippen LogP contribution is -2.37. The van der Waals surface area contributed by atoms with E-state index in [4.69, 9.17) is 9.47 Å². The standard InChI is InChI=1S/C16H21NO4/c1-2-3-4-10-20-13-7-5-12(6-8-13)15(18)17-14-9-11-21-16(14)19/h5-8,14H,2-4,9-11H2,1H3,(H,17,18)/t14-/m0/s1. The largest absolute Gasteiger partial charge is 0.494 e. The van der Waals surface area contributed by atoms with Crippen molar-refractivity contribution >= 4 is 11.9 Å². The zero-order valence-electron chi connectivity index (χ0n) is 12.3. The lowest BCUT2D eigenvalue weighted by molar-refractivity contribution is -0.139. The second kappa shape index (κ2) is 7.67. The highest BCUT2D eigenvalue weighted by Gasteiger charge is 2.28. The van der Waals surface area contributed by atoms with Crippen LogP contribution in [0.4, 0.5) is 0 Å². The highest BCUT2D eigenvalue weighted by Crippen LogP contribution is 2.14. The van der Waals surface area contributed by atoms with E-state index in [0.29, 0.717) is 25.2 Å². The Morgan fingerprint density at radius 3 is 2.71 bits per heavy atom. The molecule has 1 aliphatic heterocycles. The molecule has 1 aliphatic rings. The van der Waals surface area contributed by atoms with Crippen LogP contribution in [0, 0.1) is 0 Å². The van der Waals surface area contributed by atoms with Crippen molar-refractivity contribution < 1.29 is 19.1 Å². The number of carbonyl (C=O) groups is 2. The molecule has 5 nitrogen and oxygen atoms in total. The van der Waals surface area contributed by atoms with Gasteiger partial charge in [0.25, 0.3) is 5.91 Å². The molecular weight excluding hydrogens is 270 g/mol. The number of hydrogen-bond donors (Lipinski definition) is 1. The van der Waals surface area contributed by atoms with Gasteiger partial charge >= 0.3 is 5.97 Å². The first-order valence-corrected chi connectivity index (χ1v) is 7.41. The maximum atomic E-state index is 12.0. The second-order valence-corrected chi connectivity index (χ2v) is 5.06. The van der Waals surface area contributed by atoms with E-state index in [-0.39, 0.29) is 11.9 Å². The van der Waals surface area contributed by atoms with Crippen molar-refractivity contribution in [2.24, 2.45) is 0 Å². The van der Waals surface area contributed by atoms with Gasteiger partial charge in [-0.05, 0) is 30.7 Å². The highest BCUT2D eigenvalue weighted by molar-refractivity contribution is 5.97. The van der Waals surface area contributed by atoms with E-state index in [1.165, 1.54) is 0 Å². The molecular formula is C16H21NO4. The second-order valence-electron chi connectivity index (χ2n) is 5.06. The Morgan fingerprint density at radius 1 is 1.33 bits per heavy atom. The van der Waals surface area contributed by atoms with E-state index < -0.39 is 6.04 Å². The number of nitrogens with one attached hydrogen (secondary N) is 1. The molecule has 1 saturated heterocycles. The van der Waals surface area contributed by atoms with Crippen molar-refractivity contribution in [3.63, 3.8) is 0 Å². The van der Waals surface area contributed by atoms with E-state index in [9.17, 15) is 9.59 Å². The fourth-order valence-electron chi connectivity index (χ4n) is 2.11. The van der Waals surface area contributed by atoms with Crippen LogP contribution in [0.2, 0.25) is 0 Å². The van der Waals surface area contributed by atoms with Crippen LogP contribution in [0.25, 0.3) is 0 Å². The number of benzene rings is 1. The third-order valence-electron chi connectivity index (χ3n) is 3.37. The number of ether oxygens (including phenoxy) is 2. The predicted molar refractivity (Wildman–Crippen MR) is 78.3 cm³/mol. The fraction of sp³-hybridized carbons (Fsp3) is 0.500. The van der Waals surface area contributed by atoms with Gasteiger partial charge in [0.05, 0.1) is 13.2 Å². The number of rotatable bonds is 7. The molecule has 1 heterocycles. The van der Waals surface area contributed by atoms with Crippen LogP contribution >= 0.6 is 0 Å². The van der Waals surface area contributed by atoms with Crippen molar-refractivity contribution in [2.45, 2.75) is 38.6 Å². The summed E-state index contributed by atoms with van der Waals surface area (Å²) in [5, 5.41) is 2.67. The molecule has 1 fully saturated rings. The predicted octanol–water partition coefficient (Wildman–Crippen LogP) is 2.30. The Labute approximate surface area is 124 Å². The number of esters is 1. The SMILES string of the molecule is CCCCCOc1ccc(C(=O)N[C@H]2CCOC2=O)cc1. The summed E-state index contributed by atoms with van der Waals surface area (Å²) in [6.45, 7) is 3.20. The normalized spacial score (nSPS) is 17.4. The van der Waals surface area contributed by atoms with Gasteiger partial charge in [0.15, 0.2) is 0 Å². The van der Waals surface area contributed by atoms with Gasteiger partial charge in [-0.25, -0.2) is 4.79 Å². The lowest BCUT2D eigenvalue weighted by Gasteiger charge is -2.10. The smallest absolute Gasteiger partial charge is 0.328 e. The van der Waals surface area contributed by atoms with Crippen LogP contribution in [0.3, 0.4) is 0 Å². The van der Waals surface area contributed by atoms with Gasteiger partial charge in [-0.15, -0.1) is 0 Å². The van der Waals surface area contributed by atoms with Gasteiger partial charge in [0, 0.05) is 12.0 Å². The van der Waals surface area contributed by atoms with Crippen molar-refractivity contribution in [3.05, 3.63) is 29.8 Å². The minimum absolute atomic E-state index is 0.267. The molecule has 0 spiro atoms. The Bertz CT molecular complexity index is 484. The van der Waals surface area contributed by atoms with Gasteiger partial charge in [-0.2, -0.15) is 0 Å². The van der Waals surface area contributed by atoms with Gasteiger partial charge < -0.3 is 14.8 Å². The number of carbonyl (C=O) groups excluding carboxylic acids is 2. The van der Waals surface area contributed by atoms with E-state index in [1.54, 1.807) is 24.3 Å². The summed E-state index contributed by atoms with van der Waals surface area (Å²) in [7, 11) is 0. The molecule has 1 aromatic rings. The summed E-state index contributed by atoms with van der Waals surface area (Å²) in [5.74, 6) is 0.124. The molecule has 114 valence electrons. The van der Waals surface area contributed by atoms with Gasteiger partial charge in [0.2, 0.25) is 0 Å². The lowest BCUT2D eigenvalue weighted by atomic mass is 10.1. The number of amides is 1. The van der Waals surface area contributed by atoms with Gasteiger partial charge in [-0.1, -0.05) is 19.8 Å². The maximum absolute atomic E-state index is 12.0. The number of hydrogen-bond acceptors (Lipinski definition) is 4. The molecule has 5 heteroatoms. The molecule has 0 aliphatic carbocycles. The van der Waals surface area contributed by atoms with Crippen LogP contribution in [0.15, 0.2) is 24.3 Å².